The van der Waals surface area contributed by atoms with Crippen molar-refractivity contribution < 1.29 is 51.8 Å². The molecule has 1 saturated heterocycles. The number of benzene rings is 1. The van der Waals surface area contributed by atoms with E-state index in [1.807, 2.05) is 45.1 Å². The molecule has 0 spiro atoms. The van der Waals surface area contributed by atoms with Gasteiger partial charge in [-0.15, -0.1) is 0 Å². The number of rotatable bonds is 28. The second-order valence-electron chi connectivity index (χ2n) is 20.6. The molecule has 0 radical (unpaired) electrons. The quantitative estimate of drug-likeness (QED) is 0.0124. The van der Waals surface area contributed by atoms with Gasteiger partial charge in [0.25, 0.3) is 5.69 Å². The summed E-state index contributed by atoms with van der Waals surface area (Å²) in [6.07, 6.45) is 9.54. The lowest BCUT2D eigenvalue weighted by atomic mass is 9.86. The highest BCUT2D eigenvalue weighted by Crippen LogP contribution is 2.43. The van der Waals surface area contributed by atoms with Crippen LogP contribution < -0.4 is 4.74 Å². The fourth-order valence-corrected chi connectivity index (χ4v) is 19.5. The van der Waals surface area contributed by atoms with Crippen LogP contribution in [0, 0.1) is 27.9 Å². The van der Waals surface area contributed by atoms with Crippen LogP contribution in [0.4, 0.5) is 5.69 Å². The van der Waals surface area contributed by atoms with Gasteiger partial charge in [0, 0.05) is 43.6 Å². The normalized spacial score (nSPS) is 27.4. The van der Waals surface area contributed by atoms with E-state index in [1.165, 1.54) is 12.1 Å². The van der Waals surface area contributed by atoms with Gasteiger partial charge in [-0.2, -0.15) is 0 Å². The van der Waals surface area contributed by atoms with E-state index >= 15 is 0 Å². The van der Waals surface area contributed by atoms with Crippen LogP contribution in [0.3, 0.4) is 0 Å². The molecule has 2 aliphatic rings. The molecule has 3 rings (SSSR count). The SMILES string of the molecule is CCC(O[Si](CC)(CC)CC)C(C)C1OC1CC(C)(C=CC=C(C)C1OC(=O)C(C(=O)O)C(O[Si](CC)(CC)CC)CCC(C)(OC)C(Oc2ccc([N+](=O)[O-])cc2)/C=C/C1C)O[Si](CC)(CC)CC. The van der Waals surface area contributed by atoms with Crippen LogP contribution in [-0.2, 0) is 37.1 Å². The second kappa shape index (κ2) is 27.4. The first-order valence-corrected chi connectivity index (χ1v) is 34.3. The van der Waals surface area contributed by atoms with Gasteiger partial charge in [0.2, 0.25) is 0 Å². The number of nitro benzene ring substituents is 1. The summed E-state index contributed by atoms with van der Waals surface area (Å²) >= 11 is 0. The number of carboxylic acid groups (broad SMARTS) is 1. The van der Waals surface area contributed by atoms with E-state index in [9.17, 15) is 24.8 Å². The van der Waals surface area contributed by atoms with Crippen molar-refractivity contribution in [2.24, 2.45) is 17.8 Å². The van der Waals surface area contributed by atoms with E-state index in [2.05, 4.69) is 89.2 Å². The summed E-state index contributed by atoms with van der Waals surface area (Å²) in [7, 11) is -4.84. The predicted molar refractivity (Wildman–Crippen MR) is 288 cm³/mol. The number of allylic oxidation sites excluding steroid dienone is 2. The summed E-state index contributed by atoms with van der Waals surface area (Å²) in [5.41, 5.74) is -1.05. The number of ether oxygens (including phenoxy) is 4. The Morgan fingerprint density at radius 2 is 1.49 bits per heavy atom. The van der Waals surface area contributed by atoms with Crippen molar-refractivity contribution in [3.63, 3.8) is 0 Å². The highest BCUT2D eigenvalue weighted by Gasteiger charge is 2.51. The minimum absolute atomic E-state index is 0.0139. The van der Waals surface area contributed by atoms with Crippen molar-refractivity contribution in [2.75, 3.05) is 7.11 Å². The van der Waals surface area contributed by atoms with Gasteiger partial charge < -0.3 is 37.3 Å². The molecule has 1 aromatic rings. The van der Waals surface area contributed by atoms with Crippen LogP contribution in [0.25, 0.3) is 0 Å². The number of carbonyl (C=O) groups is 2. The lowest BCUT2D eigenvalue weighted by molar-refractivity contribution is -0.384. The zero-order valence-corrected chi connectivity index (χ0v) is 49.0. The van der Waals surface area contributed by atoms with E-state index in [0.29, 0.717) is 17.7 Å². The predicted octanol–water partition coefficient (Wildman–Crippen LogP) is 13.6. The minimum Gasteiger partial charge on any atom is -0.483 e. The van der Waals surface area contributed by atoms with E-state index in [-0.39, 0.29) is 42.8 Å². The standard InChI is InChI=1S/C54H93NO12Si3/c1-17-44(65-68(18-2,19-3)20-4)41(13)50-46(63-50)38-53(14,67-70(24-8,25-9)26-10)36-27-28-39(11)49-40(12)29-34-47(62-43-32-30-42(31-33-43)55(59)60)54(15,61-16)37-35-45(48(51(56)57)52(58)64-49)66-69(21-5,22-6)23-7/h27-34,36,40-41,44-50H,17-26,35,37-38H2,1-16H3,(H,56,57)/b34-29+,36-27?,39-28?. The van der Waals surface area contributed by atoms with Crippen LogP contribution in [0.1, 0.15) is 130 Å². The van der Waals surface area contributed by atoms with Crippen molar-refractivity contribution in [1.82, 2.24) is 0 Å². The third-order valence-electron chi connectivity index (χ3n) is 16.5. The monoisotopic (exact) mass is 1030 g/mol. The van der Waals surface area contributed by atoms with Crippen molar-refractivity contribution in [3.05, 3.63) is 70.3 Å². The number of nitro groups is 1. The maximum atomic E-state index is 14.5. The van der Waals surface area contributed by atoms with Crippen molar-refractivity contribution >= 4 is 42.6 Å². The first kappa shape index (κ1) is 61.3. The molecule has 2 aliphatic heterocycles. The smallest absolute Gasteiger partial charge is 0.323 e. The summed E-state index contributed by atoms with van der Waals surface area (Å²) in [6.45, 7) is 32.1. The highest BCUT2D eigenvalue weighted by molar-refractivity contribution is 6.74. The molecule has 398 valence electrons. The van der Waals surface area contributed by atoms with Crippen molar-refractivity contribution in [1.29, 1.82) is 0 Å². The van der Waals surface area contributed by atoms with Gasteiger partial charge >= 0.3 is 11.9 Å². The number of cyclic esters (lactones) is 1. The van der Waals surface area contributed by atoms with E-state index in [1.54, 1.807) is 19.2 Å². The Balaban J connectivity index is 2.15. The van der Waals surface area contributed by atoms with Crippen LogP contribution in [0.15, 0.2) is 60.2 Å². The maximum Gasteiger partial charge on any atom is 0.323 e. The fraction of sp³-hybridized carbons (Fsp3) is 0.741. The molecule has 11 unspecified atom stereocenters. The Labute approximate surface area is 425 Å². The topological polar surface area (TPSA) is 165 Å². The largest absolute Gasteiger partial charge is 0.483 e. The number of epoxide rings is 1. The maximum absolute atomic E-state index is 14.5. The van der Waals surface area contributed by atoms with Gasteiger partial charge in [0.1, 0.15) is 23.6 Å². The molecule has 11 atom stereocenters. The molecule has 1 fully saturated rings. The van der Waals surface area contributed by atoms with Crippen molar-refractivity contribution in [3.8, 4) is 5.75 Å². The Kier molecular flexibility index (Phi) is 24.0. The van der Waals surface area contributed by atoms with Gasteiger partial charge in [0.05, 0.1) is 28.8 Å². The van der Waals surface area contributed by atoms with Crippen LogP contribution in [0.5, 0.6) is 5.75 Å². The molecular formula is C54H93NO12Si3. The molecule has 0 aliphatic carbocycles. The number of non-ortho nitro benzene ring substituents is 1. The summed E-state index contributed by atoms with van der Waals surface area (Å²) < 4.78 is 47.0. The van der Waals surface area contributed by atoms with Crippen molar-refractivity contribution in [2.45, 2.75) is 232 Å². The summed E-state index contributed by atoms with van der Waals surface area (Å²) in [5, 5.41) is 22.4. The molecule has 0 aromatic heterocycles. The molecule has 0 saturated carbocycles. The molecule has 70 heavy (non-hydrogen) atoms. The zero-order chi connectivity index (χ0) is 52.7. The summed E-state index contributed by atoms with van der Waals surface area (Å²) in [6, 6.07) is 14.4. The summed E-state index contributed by atoms with van der Waals surface area (Å²) in [5.74, 6) is -3.58. The zero-order valence-electron chi connectivity index (χ0n) is 46.0. The molecule has 0 bridgehead atoms. The second-order valence-corrected chi connectivity index (χ2v) is 34.7. The van der Waals surface area contributed by atoms with Crippen LogP contribution in [-0.4, -0.2) is 102 Å². The number of nitrogens with zero attached hydrogens (tertiary/aromatic N) is 1. The van der Waals surface area contributed by atoms with Gasteiger partial charge in [0.15, 0.2) is 30.9 Å². The number of esters is 1. The van der Waals surface area contributed by atoms with E-state index < -0.39 is 83.2 Å². The Morgan fingerprint density at radius 1 is 0.929 bits per heavy atom. The number of methoxy groups -OCH3 is 1. The molecular weight excluding hydrogens is 939 g/mol. The Morgan fingerprint density at radius 3 is 1.97 bits per heavy atom. The average molecular weight is 1030 g/mol. The Hall–Kier alpha value is -2.97. The number of hydrogen-bond acceptors (Lipinski definition) is 11. The first-order valence-electron chi connectivity index (χ1n) is 26.7. The van der Waals surface area contributed by atoms with Gasteiger partial charge in [-0.1, -0.05) is 107 Å². The molecule has 13 nitrogen and oxygen atoms in total. The lowest BCUT2D eigenvalue weighted by Crippen LogP contribution is -2.50. The molecule has 1 aromatic carbocycles. The first-order chi connectivity index (χ1) is 33.0. The van der Waals surface area contributed by atoms with Gasteiger partial charge in [-0.05, 0) is 118 Å². The Bertz CT molecular complexity index is 1870. The number of carboxylic acids is 1. The van der Waals surface area contributed by atoms with E-state index in [0.717, 1.165) is 60.8 Å². The number of aliphatic carboxylic acids is 1. The molecule has 2 heterocycles. The third-order valence-corrected chi connectivity index (χ3v) is 30.7. The number of carbonyl (C=O) groups excluding carboxylic acids is 1. The summed E-state index contributed by atoms with van der Waals surface area (Å²) in [4.78, 5) is 38.9. The lowest BCUT2D eigenvalue weighted by Gasteiger charge is -2.40. The minimum atomic E-state index is -2.47. The highest BCUT2D eigenvalue weighted by atomic mass is 28.4. The third kappa shape index (κ3) is 15.8. The van der Waals surface area contributed by atoms with Gasteiger partial charge in [-0.3, -0.25) is 19.7 Å². The molecule has 0 amide bonds. The van der Waals surface area contributed by atoms with Gasteiger partial charge in [-0.25, -0.2) is 0 Å². The van der Waals surface area contributed by atoms with Crippen LogP contribution in [0.2, 0.25) is 54.4 Å². The van der Waals surface area contributed by atoms with Crippen LogP contribution >= 0.6 is 0 Å². The molecule has 16 heteroatoms. The average Bonchev–Trinajstić information content (AvgIpc) is 4.12. The molecule has 1 N–H and O–H groups in total. The van der Waals surface area contributed by atoms with E-state index in [4.69, 9.17) is 32.2 Å². The fourth-order valence-electron chi connectivity index (χ4n) is 10.5. The number of hydrogen-bond donors (Lipinski definition) is 1.